The third kappa shape index (κ3) is 4.34. The first-order valence-corrected chi connectivity index (χ1v) is 8.96. The van der Waals surface area contributed by atoms with Crippen molar-refractivity contribution in [1.29, 1.82) is 0 Å². The summed E-state index contributed by atoms with van der Waals surface area (Å²) < 4.78 is 14.4. The van der Waals surface area contributed by atoms with Crippen molar-refractivity contribution in [2.75, 3.05) is 17.2 Å². The average Bonchev–Trinajstić information content (AvgIpc) is 2.67. The van der Waals surface area contributed by atoms with Crippen LogP contribution in [0.5, 0.6) is 0 Å². The van der Waals surface area contributed by atoms with E-state index in [-0.39, 0.29) is 29.2 Å². The van der Waals surface area contributed by atoms with Crippen molar-refractivity contribution in [2.45, 2.75) is 19.9 Å². The number of hydrogen-bond acceptors (Lipinski definition) is 6. The molecule has 2 aromatic heterocycles. The van der Waals surface area contributed by atoms with Crippen molar-refractivity contribution >= 4 is 34.1 Å². The van der Waals surface area contributed by atoms with E-state index in [1.54, 1.807) is 12.3 Å². The standard InChI is InChI=1S/C20H23FN6O/c1-11(2)16(22)10-25-20-15(21)9-14(18(23)28)19(27-20)26-13-5-6-17-12(8-13)4-3-7-24-17/h3-9,11,16H,10,22H2,1-2H3,(H2,23,28)(H2,25,26,27)/t16-/m1/s1. The molecule has 1 amide bonds. The van der Waals surface area contributed by atoms with Gasteiger partial charge in [0, 0.05) is 29.9 Å². The Labute approximate surface area is 162 Å². The number of pyridine rings is 2. The number of benzene rings is 1. The summed E-state index contributed by atoms with van der Waals surface area (Å²) in [6.45, 7) is 4.31. The highest BCUT2D eigenvalue weighted by molar-refractivity contribution is 5.99. The molecule has 7 nitrogen and oxygen atoms in total. The van der Waals surface area contributed by atoms with Crippen molar-refractivity contribution in [3.05, 3.63) is 54.0 Å². The Morgan fingerprint density at radius 3 is 2.71 bits per heavy atom. The molecule has 0 unspecified atom stereocenters. The van der Waals surface area contributed by atoms with E-state index in [4.69, 9.17) is 11.5 Å². The highest BCUT2D eigenvalue weighted by Gasteiger charge is 2.17. The molecule has 0 spiro atoms. The number of carbonyl (C=O) groups is 1. The zero-order valence-electron chi connectivity index (χ0n) is 15.7. The number of anilines is 3. The van der Waals surface area contributed by atoms with Gasteiger partial charge in [0.25, 0.3) is 5.91 Å². The van der Waals surface area contributed by atoms with Crippen LogP contribution in [-0.4, -0.2) is 28.5 Å². The van der Waals surface area contributed by atoms with E-state index in [1.165, 1.54) is 0 Å². The molecule has 0 radical (unpaired) electrons. The van der Waals surface area contributed by atoms with Crippen LogP contribution in [0.4, 0.5) is 21.7 Å². The van der Waals surface area contributed by atoms with Gasteiger partial charge in [0.05, 0.1) is 11.1 Å². The second-order valence-corrected chi connectivity index (χ2v) is 6.90. The van der Waals surface area contributed by atoms with Crippen LogP contribution in [0.3, 0.4) is 0 Å². The molecule has 28 heavy (non-hydrogen) atoms. The molecule has 146 valence electrons. The minimum absolute atomic E-state index is 0.00561. The lowest BCUT2D eigenvalue weighted by Crippen LogP contribution is -2.34. The molecule has 0 saturated heterocycles. The number of nitrogens with zero attached hydrogens (tertiary/aromatic N) is 2. The smallest absolute Gasteiger partial charge is 0.252 e. The number of aromatic nitrogens is 2. The summed E-state index contributed by atoms with van der Waals surface area (Å²) in [5.74, 6) is -1.05. The van der Waals surface area contributed by atoms with Gasteiger partial charge in [0.15, 0.2) is 11.6 Å². The second-order valence-electron chi connectivity index (χ2n) is 6.90. The van der Waals surface area contributed by atoms with Gasteiger partial charge in [-0.1, -0.05) is 19.9 Å². The highest BCUT2D eigenvalue weighted by Crippen LogP contribution is 2.25. The summed E-state index contributed by atoms with van der Waals surface area (Å²) in [5, 5.41) is 6.86. The Kier molecular flexibility index (Phi) is 5.70. The first-order chi connectivity index (χ1) is 13.3. The number of halogens is 1. The lowest BCUT2D eigenvalue weighted by Gasteiger charge is -2.18. The number of hydrogen-bond donors (Lipinski definition) is 4. The second kappa shape index (κ2) is 8.18. The van der Waals surface area contributed by atoms with Gasteiger partial charge in [-0.05, 0) is 36.2 Å². The maximum absolute atomic E-state index is 14.4. The van der Waals surface area contributed by atoms with E-state index in [1.807, 2.05) is 38.1 Å². The van der Waals surface area contributed by atoms with Crippen molar-refractivity contribution in [2.24, 2.45) is 17.4 Å². The van der Waals surface area contributed by atoms with Crippen molar-refractivity contribution in [3.8, 4) is 0 Å². The SMILES string of the molecule is CC(C)[C@H](N)CNc1nc(Nc2ccc3ncccc3c2)c(C(N)=O)cc1F. The fourth-order valence-corrected chi connectivity index (χ4v) is 2.64. The van der Waals surface area contributed by atoms with Gasteiger partial charge >= 0.3 is 0 Å². The minimum atomic E-state index is -0.776. The van der Waals surface area contributed by atoms with Gasteiger partial charge < -0.3 is 22.1 Å². The molecule has 0 aliphatic rings. The third-order valence-electron chi connectivity index (χ3n) is 4.47. The Bertz CT molecular complexity index is 1010. The number of rotatable bonds is 7. The van der Waals surface area contributed by atoms with E-state index < -0.39 is 11.7 Å². The Hall–Kier alpha value is -3.26. The van der Waals surface area contributed by atoms with Crippen LogP contribution in [0.1, 0.15) is 24.2 Å². The molecule has 2 heterocycles. The largest absolute Gasteiger partial charge is 0.366 e. The average molecular weight is 382 g/mol. The molecule has 8 heteroatoms. The zero-order valence-corrected chi connectivity index (χ0v) is 15.7. The van der Waals surface area contributed by atoms with Crippen LogP contribution >= 0.6 is 0 Å². The van der Waals surface area contributed by atoms with E-state index in [9.17, 15) is 9.18 Å². The van der Waals surface area contributed by atoms with Crippen LogP contribution < -0.4 is 22.1 Å². The number of nitrogens with two attached hydrogens (primary N) is 2. The van der Waals surface area contributed by atoms with Gasteiger partial charge in [0.2, 0.25) is 0 Å². The van der Waals surface area contributed by atoms with Crippen LogP contribution in [0.25, 0.3) is 10.9 Å². The number of fused-ring (bicyclic) bond motifs is 1. The van der Waals surface area contributed by atoms with Crippen molar-refractivity contribution < 1.29 is 9.18 Å². The fourth-order valence-electron chi connectivity index (χ4n) is 2.64. The summed E-state index contributed by atoms with van der Waals surface area (Å²) in [7, 11) is 0. The predicted molar refractivity (Wildman–Crippen MR) is 109 cm³/mol. The maximum atomic E-state index is 14.4. The van der Waals surface area contributed by atoms with Crippen molar-refractivity contribution in [3.63, 3.8) is 0 Å². The van der Waals surface area contributed by atoms with Crippen LogP contribution in [0.2, 0.25) is 0 Å². The van der Waals surface area contributed by atoms with Crippen LogP contribution in [-0.2, 0) is 0 Å². The summed E-state index contributed by atoms with van der Waals surface area (Å²) >= 11 is 0. The Morgan fingerprint density at radius 2 is 2.00 bits per heavy atom. The van der Waals surface area contributed by atoms with Gasteiger partial charge in [-0.15, -0.1) is 0 Å². The van der Waals surface area contributed by atoms with Gasteiger partial charge in [-0.3, -0.25) is 9.78 Å². The molecule has 3 rings (SSSR count). The summed E-state index contributed by atoms with van der Waals surface area (Å²) in [4.78, 5) is 20.3. The zero-order chi connectivity index (χ0) is 20.3. The molecule has 3 aromatic rings. The topological polar surface area (TPSA) is 119 Å². The fraction of sp³-hybridized carbons (Fsp3) is 0.250. The quantitative estimate of drug-likeness (QED) is 0.499. The molecule has 0 aliphatic carbocycles. The predicted octanol–water partition coefficient (Wildman–Crippen LogP) is 3.01. The molecule has 6 N–H and O–H groups in total. The molecule has 1 atom stereocenters. The van der Waals surface area contributed by atoms with Gasteiger partial charge in [-0.25, -0.2) is 9.37 Å². The number of amides is 1. The summed E-state index contributed by atoms with van der Waals surface area (Å²) in [5.41, 5.74) is 12.9. The monoisotopic (exact) mass is 382 g/mol. The minimum Gasteiger partial charge on any atom is -0.366 e. The number of nitrogens with one attached hydrogen (secondary N) is 2. The first kappa shape index (κ1) is 19.5. The van der Waals surface area contributed by atoms with E-state index in [0.29, 0.717) is 12.2 Å². The van der Waals surface area contributed by atoms with Gasteiger partial charge in [-0.2, -0.15) is 0 Å². The molecule has 1 aromatic carbocycles. The first-order valence-electron chi connectivity index (χ1n) is 8.96. The third-order valence-corrected chi connectivity index (χ3v) is 4.47. The molecule has 0 saturated carbocycles. The molecule has 0 bridgehead atoms. The normalized spacial score (nSPS) is 12.2. The Balaban J connectivity index is 1.92. The van der Waals surface area contributed by atoms with Gasteiger partial charge in [0.1, 0.15) is 5.82 Å². The van der Waals surface area contributed by atoms with Crippen LogP contribution in [0, 0.1) is 11.7 Å². The van der Waals surface area contributed by atoms with Crippen molar-refractivity contribution in [1.82, 2.24) is 9.97 Å². The lowest BCUT2D eigenvalue weighted by atomic mass is 10.1. The molecular weight excluding hydrogens is 359 g/mol. The molecule has 0 aliphatic heterocycles. The summed E-state index contributed by atoms with van der Waals surface area (Å²) in [6, 6.07) is 10.2. The number of carbonyl (C=O) groups excluding carboxylic acids is 1. The van der Waals surface area contributed by atoms with E-state index in [0.717, 1.165) is 17.0 Å². The Morgan fingerprint density at radius 1 is 1.21 bits per heavy atom. The highest BCUT2D eigenvalue weighted by atomic mass is 19.1. The van der Waals surface area contributed by atoms with Crippen LogP contribution in [0.15, 0.2) is 42.6 Å². The lowest BCUT2D eigenvalue weighted by molar-refractivity contribution is 0.100. The summed E-state index contributed by atoms with van der Waals surface area (Å²) in [6.07, 6.45) is 1.71. The molecular formula is C20H23FN6O. The molecule has 0 fully saturated rings. The number of primary amides is 1. The van der Waals surface area contributed by atoms with E-state index in [2.05, 4.69) is 20.6 Å². The maximum Gasteiger partial charge on any atom is 0.252 e. The van der Waals surface area contributed by atoms with E-state index >= 15 is 0 Å².